The molecule has 2 aromatic rings. The van der Waals surface area contributed by atoms with E-state index in [1.165, 1.54) is 11.2 Å². The molecule has 0 fully saturated rings. The van der Waals surface area contributed by atoms with Crippen LogP contribution in [0.4, 0.5) is 5.69 Å². The summed E-state index contributed by atoms with van der Waals surface area (Å²) in [5.41, 5.74) is 2.07. The number of ether oxygens (including phenoxy) is 1. The van der Waals surface area contributed by atoms with E-state index in [-0.39, 0.29) is 11.4 Å². The zero-order chi connectivity index (χ0) is 17.3. The van der Waals surface area contributed by atoms with Gasteiger partial charge in [0.1, 0.15) is 5.76 Å². The third-order valence-corrected chi connectivity index (χ3v) is 5.54. The second kappa shape index (κ2) is 6.13. The molecule has 124 valence electrons. The lowest BCUT2D eigenvalue weighted by atomic mass is 10.1. The standard InChI is InChI=1S/C18H17NO4S/c1-13-7-9-15(10-8-13)24(21,22)19-12-11-18(23-14(2)20)16-5-3-4-6-17(16)19/h3-11H,12H2,1-2H3. The Bertz CT molecular complexity index is 914. The summed E-state index contributed by atoms with van der Waals surface area (Å²) in [6.45, 7) is 3.33. The van der Waals surface area contributed by atoms with Crippen molar-refractivity contribution in [1.29, 1.82) is 0 Å². The van der Waals surface area contributed by atoms with Gasteiger partial charge in [0, 0.05) is 12.5 Å². The van der Waals surface area contributed by atoms with Gasteiger partial charge >= 0.3 is 5.97 Å². The molecule has 0 radical (unpaired) electrons. The fraction of sp³-hybridized carbons (Fsp3) is 0.167. The van der Waals surface area contributed by atoms with E-state index in [1.807, 2.05) is 6.92 Å². The van der Waals surface area contributed by atoms with Gasteiger partial charge in [-0.1, -0.05) is 29.8 Å². The number of carbonyl (C=O) groups excluding carboxylic acids is 1. The Morgan fingerprint density at radius 1 is 1.08 bits per heavy atom. The Kier molecular flexibility index (Phi) is 4.15. The van der Waals surface area contributed by atoms with Crippen LogP contribution in [-0.4, -0.2) is 20.9 Å². The van der Waals surface area contributed by atoms with E-state index in [1.54, 1.807) is 54.6 Å². The molecule has 3 rings (SSSR count). The maximum Gasteiger partial charge on any atom is 0.308 e. The highest BCUT2D eigenvalue weighted by molar-refractivity contribution is 7.92. The van der Waals surface area contributed by atoms with Crippen molar-refractivity contribution >= 4 is 27.4 Å². The molecule has 0 bridgehead atoms. The van der Waals surface area contributed by atoms with Crippen molar-refractivity contribution in [2.45, 2.75) is 18.7 Å². The van der Waals surface area contributed by atoms with E-state index in [4.69, 9.17) is 4.74 Å². The van der Waals surface area contributed by atoms with Crippen LogP contribution in [-0.2, 0) is 19.6 Å². The van der Waals surface area contributed by atoms with E-state index >= 15 is 0 Å². The Balaban J connectivity index is 2.06. The molecule has 1 heterocycles. The highest BCUT2D eigenvalue weighted by Gasteiger charge is 2.30. The molecule has 0 aromatic heterocycles. The van der Waals surface area contributed by atoms with Crippen LogP contribution < -0.4 is 4.31 Å². The molecule has 0 atom stereocenters. The zero-order valence-electron chi connectivity index (χ0n) is 13.4. The second-order valence-corrected chi connectivity index (χ2v) is 7.39. The topological polar surface area (TPSA) is 63.7 Å². The van der Waals surface area contributed by atoms with Gasteiger partial charge in [0.15, 0.2) is 0 Å². The molecule has 5 nitrogen and oxygen atoms in total. The van der Waals surface area contributed by atoms with E-state index in [2.05, 4.69) is 0 Å². The predicted molar refractivity (Wildman–Crippen MR) is 91.9 cm³/mol. The van der Waals surface area contributed by atoms with Gasteiger partial charge in [-0.2, -0.15) is 0 Å². The van der Waals surface area contributed by atoms with Crippen LogP contribution in [0.3, 0.4) is 0 Å². The summed E-state index contributed by atoms with van der Waals surface area (Å²) in [5.74, 6) is -0.0562. The molecule has 0 aliphatic carbocycles. The number of fused-ring (bicyclic) bond motifs is 1. The number of sulfonamides is 1. The number of hydrogen-bond acceptors (Lipinski definition) is 4. The number of nitrogens with zero attached hydrogens (tertiary/aromatic N) is 1. The van der Waals surface area contributed by atoms with Crippen LogP contribution in [0, 0.1) is 6.92 Å². The summed E-state index contributed by atoms with van der Waals surface area (Å²) in [4.78, 5) is 11.5. The summed E-state index contributed by atoms with van der Waals surface area (Å²) in [6.07, 6.45) is 1.61. The SMILES string of the molecule is CC(=O)OC1=CCN(S(=O)(=O)c2ccc(C)cc2)c2ccccc21. The maximum absolute atomic E-state index is 13.0. The Hall–Kier alpha value is -2.60. The molecular formula is C18H17NO4S. The van der Waals surface area contributed by atoms with Gasteiger partial charge < -0.3 is 4.74 Å². The van der Waals surface area contributed by atoms with Crippen LogP contribution in [0.15, 0.2) is 59.5 Å². The number of hydrogen-bond donors (Lipinski definition) is 0. The minimum absolute atomic E-state index is 0.107. The summed E-state index contributed by atoms with van der Waals surface area (Å²) in [5, 5.41) is 0. The second-order valence-electron chi connectivity index (χ2n) is 5.53. The molecular weight excluding hydrogens is 326 g/mol. The number of esters is 1. The molecule has 1 aliphatic heterocycles. The van der Waals surface area contributed by atoms with E-state index < -0.39 is 16.0 Å². The Labute approximate surface area is 141 Å². The third kappa shape index (κ3) is 2.92. The van der Waals surface area contributed by atoms with E-state index in [9.17, 15) is 13.2 Å². The summed E-state index contributed by atoms with van der Waals surface area (Å²) in [6, 6.07) is 13.7. The van der Waals surface area contributed by atoms with Crippen molar-refractivity contribution in [2.24, 2.45) is 0 Å². The maximum atomic E-state index is 13.0. The van der Waals surface area contributed by atoms with Crippen molar-refractivity contribution in [1.82, 2.24) is 0 Å². The normalized spacial score (nSPS) is 13.9. The minimum atomic E-state index is -3.70. The molecule has 0 amide bonds. The van der Waals surface area contributed by atoms with Gasteiger partial charge in [-0.3, -0.25) is 9.10 Å². The summed E-state index contributed by atoms with van der Waals surface area (Å²) in [7, 11) is -3.70. The van der Waals surface area contributed by atoms with E-state index in [0.717, 1.165) is 5.56 Å². The van der Waals surface area contributed by atoms with Crippen LogP contribution in [0.1, 0.15) is 18.1 Å². The number of para-hydroxylation sites is 1. The van der Waals surface area contributed by atoms with Crippen molar-refractivity contribution in [3.63, 3.8) is 0 Å². The lowest BCUT2D eigenvalue weighted by Crippen LogP contribution is -2.34. The molecule has 0 unspecified atom stereocenters. The van der Waals surface area contributed by atoms with Crippen LogP contribution >= 0.6 is 0 Å². The Morgan fingerprint density at radius 3 is 2.42 bits per heavy atom. The fourth-order valence-corrected chi connectivity index (χ4v) is 4.01. The number of anilines is 1. The number of carbonyl (C=O) groups is 1. The van der Waals surface area contributed by atoms with Crippen molar-refractivity contribution in [3.8, 4) is 0 Å². The van der Waals surface area contributed by atoms with Crippen LogP contribution in [0.2, 0.25) is 0 Å². The first-order chi connectivity index (χ1) is 11.4. The van der Waals surface area contributed by atoms with Gasteiger partial charge in [-0.05, 0) is 37.3 Å². The first kappa shape index (κ1) is 16.3. The number of benzene rings is 2. The Morgan fingerprint density at radius 2 is 1.75 bits per heavy atom. The average Bonchev–Trinajstić information content (AvgIpc) is 2.55. The smallest absolute Gasteiger partial charge is 0.308 e. The highest BCUT2D eigenvalue weighted by atomic mass is 32.2. The van der Waals surface area contributed by atoms with Gasteiger partial charge in [0.2, 0.25) is 0 Å². The first-order valence-electron chi connectivity index (χ1n) is 7.47. The molecule has 6 heteroatoms. The largest absolute Gasteiger partial charge is 0.426 e. The van der Waals surface area contributed by atoms with E-state index in [0.29, 0.717) is 17.0 Å². The lowest BCUT2D eigenvalue weighted by Gasteiger charge is -2.29. The fourth-order valence-electron chi connectivity index (χ4n) is 2.59. The van der Waals surface area contributed by atoms with Crippen molar-refractivity contribution in [2.75, 3.05) is 10.8 Å². The van der Waals surface area contributed by atoms with Gasteiger partial charge in [-0.25, -0.2) is 8.42 Å². The van der Waals surface area contributed by atoms with Gasteiger partial charge in [0.05, 0.1) is 17.1 Å². The number of rotatable bonds is 3. The molecule has 0 saturated carbocycles. The highest BCUT2D eigenvalue weighted by Crippen LogP contribution is 2.35. The predicted octanol–water partition coefficient (Wildman–Crippen LogP) is 3.11. The third-order valence-electron chi connectivity index (χ3n) is 3.74. The molecule has 1 aliphatic rings. The van der Waals surface area contributed by atoms with Gasteiger partial charge in [0.25, 0.3) is 10.0 Å². The minimum Gasteiger partial charge on any atom is -0.426 e. The molecule has 0 N–H and O–H groups in total. The monoisotopic (exact) mass is 343 g/mol. The van der Waals surface area contributed by atoms with Crippen molar-refractivity contribution in [3.05, 3.63) is 65.7 Å². The molecule has 0 saturated heterocycles. The number of aryl methyl sites for hydroxylation is 1. The van der Waals surface area contributed by atoms with Crippen molar-refractivity contribution < 1.29 is 17.9 Å². The zero-order valence-corrected chi connectivity index (χ0v) is 14.2. The van der Waals surface area contributed by atoms with Gasteiger partial charge in [-0.15, -0.1) is 0 Å². The first-order valence-corrected chi connectivity index (χ1v) is 8.91. The quantitative estimate of drug-likeness (QED) is 0.803. The summed E-state index contributed by atoms with van der Waals surface area (Å²) < 4.78 is 32.5. The lowest BCUT2D eigenvalue weighted by molar-refractivity contribution is -0.134. The molecule has 24 heavy (non-hydrogen) atoms. The van der Waals surface area contributed by atoms with Crippen LogP contribution in [0.5, 0.6) is 0 Å². The molecule has 2 aromatic carbocycles. The van der Waals surface area contributed by atoms with Crippen LogP contribution in [0.25, 0.3) is 5.76 Å². The molecule has 0 spiro atoms. The average molecular weight is 343 g/mol. The summed E-state index contributed by atoms with van der Waals surface area (Å²) >= 11 is 0.